The number of piperidine rings is 1. The van der Waals surface area contributed by atoms with Crippen molar-refractivity contribution in [3.8, 4) is 11.5 Å². The maximum atomic E-state index is 13.4. The van der Waals surface area contributed by atoms with E-state index in [1.807, 2.05) is 36.4 Å². The topological polar surface area (TPSA) is 74.3 Å². The fraction of sp³-hybridized carbons (Fsp3) is 0.462. The van der Waals surface area contributed by atoms with Crippen molar-refractivity contribution < 1.29 is 28.5 Å². The lowest BCUT2D eigenvalue weighted by atomic mass is 9.69. The van der Waals surface area contributed by atoms with Crippen LogP contribution in [0.3, 0.4) is 0 Å². The SMILES string of the molecule is COCCCOc1cc(CC2C(=O)N3C(=O)OCC3C(c3ccccc3)C2C)ccc1OC. The first kappa shape index (κ1) is 23.1. The third kappa shape index (κ3) is 4.69. The standard InChI is InChI=1S/C26H31NO6/c1-17-20(14-18-10-11-22(31-3)23(15-18)32-13-7-12-30-2)25(28)27-21(16-33-26(27)29)24(17)19-8-5-4-6-9-19/h4-6,8-11,15,17,20-21,24H,7,12-14,16H2,1-3H3. The molecule has 4 atom stereocenters. The Kier molecular flexibility index (Phi) is 7.18. The summed E-state index contributed by atoms with van der Waals surface area (Å²) in [6.45, 7) is 3.46. The number of imide groups is 1. The number of carbonyl (C=O) groups is 2. The van der Waals surface area contributed by atoms with Gasteiger partial charge in [0.05, 0.1) is 19.8 Å². The van der Waals surface area contributed by atoms with E-state index in [1.54, 1.807) is 14.2 Å². The van der Waals surface area contributed by atoms with Crippen LogP contribution in [0, 0.1) is 11.8 Å². The summed E-state index contributed by atoms with van der Waals surface area (Å²) in [7, 11) is 3.26. The molecule has 0 saturated carbocycles. The Labute approximate surface area is 194 Å². The second-order valence-corrected chi connectivity index (χ2v) is 8.64. The van der Waals surface area contributed by atoms with E-state index in [-0.39, 0.29) is 36.3 Å². The Morgan fingerprint density at radius 1 is 1.03 bits per heavy atom. The summed E-state index contributed by atoms with van der Waals surface area (Å²) in [5, 5.41) is 0. The Bertz CT molecular complexity index is 978. The van der Waals surface area contributed by atoms with Crippen LogP contribution < -0.4 is 9.47 Å². The van der Waals surface area contributed by atoms with Gasteiger partial charge in [0, 0.05) is 32.0 Å². The average molecular weight is 454 g/mol. The number of hydrogen-bond donors (Lipinski definition) is 0. The molecule has 0 spiro atoms. The molecule has 2 aliphatic heterocycles. The summed E-state index contributed by atoms with van der Waals surface area (Å²) in [5.41, 5.74) is 2.08. The van der Waals surface area contributed by atoms with Crippen LogP contribution in [0.4, 0.5) is 4.79 Å². The van der Waals surface area contributed by atoms with Gasteiger partial charge in [-0.3, -0.25) is 4.79 Å². The molecule has 2 aromatic rings. The van der Waals surface area contributed by atoms with Crippen molar-refractivity contribution in [2.45, 2.75) is 31.7 Å². The fourth-order valence-corrected chi connectivity index (χ4v) is 5.03. The number of ether oxygens (including phenoxy) is 4. The van der Waals surface area contributed by atoms with Crippen molar-refractivity contribution in [1.29, 1.82) is 0 Å². The van der Waals surface area contributed by atoms with E-state index in [0.29, 0.717) is 31.1 Å². The molecule has 0 aromatic heterocycles. The minimum absolute atomic E-state index is 0.0170. The van der Waals surface area contributed by atoms with E-state index in [4.69, 9.17) is 18.9 Å². The largest absolute Gasteiger partial charge is 0.493 e. The summed E-state index contributed by atoms with van der Waals surface area (Å²) < 4.78 is 21.7. The highest BCUT2D eigenvalue weighted by molar-refractivity contribution is 5.96. The van der Waals surface area contributed by atoms with Gasteiger partial charge in [-0.05, 0) is 35.6 Å². The molecule has 33 heavy (non-hydrogen) atoms. The van der Waals surface area contributed by atoms with Gasteiger partial charge in [0.2, 0.25) is 5.91 Å². The molecule has 2 aliphatic rings. The molecule has 0 radical (unpaired) electrons. The minimum atomic E-state index is -0.542. The van der Waals surface area contributed by atoms with Gasteiger partial charge in [0.15, 0.2) is 11.5 Å². The number of carbonyl (C=O) groups excluding carboxylic acids is 2. The summed E-state index contributed by atoms with van der Waals surface area (Å²) in [5.74, 6) is 0.809. The molecule has 2 aromatic carbocycles. The molecular weight excluding hydrogens is 422 g/mol. The van der Waals surface area contributed by atoms with Crippen LogP contribution in [0.25, 0.3) is 0 Å². The Morgan fingerprint density at radius 3 is 2.55 bits per heavy atom. The molecule has 176 valence electrons. The first-order valence-electron chi connectivity index (χ1n) is 11.4. The van der Waals surface area contributed by atoms with Gasteiger partial charge in [-0.25, -0.2) is 9.69 Å². The summed E-state index contributed by atoms with van der Waals surface area (Å²) in [6.07, 6.45) is 0.719. The van der Waals surface area contributed by atoms with Crippen LogP contribution in [0.2, 0.25) is 0 Å². The molecule has 4 rings (SSSR count). The van der Waals surface area contributed by atoms with E-state index in [1.165, 1.54) is 4.90 Å². The highest BCUT2D eigenvalue weighted by Crippen LogP contribution is 2.44. The van der Waals surface area contributed by atoms with Gasteiger partial charge in [-0.15, -0.1) is 0 Å². The lowest BCUT2D eigenvalue weighted by Crippen LogP contribution is -2.54. The van der Waals surface area contributed by atoms with E-state index in [9.17, 15) is 9.59 Å². The predicted octanol–water partition coefficient (Wildman–Crippen LogP) is 4.05. The first-order chi connectivity index (χ1) is 16.0. The molecular formula is C26H31NO6. The molecule has 2 saturated heterocycles. The molecule has 2 heterocycles. The Hall–Kier alpha value is -3.06. The van der Waals surface area contributed by atoms with Gasteiger partial charge in [-0.2, -0.15) is 0 Å². The number of amides is 2. The first-order valence-corrected chi connectivity index (χ1v) is 11.4. The van der Waals surface area contributed by atoms with Gasteiger partial charge in [-0.1, -0.05) is 43.3 Å². The second kappa shape index (κ2) is 10.3. The number of benzene rings is 2. The molecule has 7 nitrogen and oxygen atoms in total. The molecule has 2 fully saturated rings. The summed E-state index contributed by atoms with van der Waals surface area (Å²) in [4.78, 5) is 27.2. The third-order valence-corrected chi connectivity index (χ3v) is 6.69. The molecule has 0 bridgehead atoms. The van der Waals surface area contributed by atoms with E-state index >= 15 is 0 Å². The van der Waals surface area contributed by atoms with Crippen LogP contribution in [-0.2, 0) is 20.7 Å². The maximum absolute atomic E-state index is 13.4. The predicted molar refractivity (Wildman–Crippen MR) is 123 cm³/mol. The summed E-state index contributed by atoms with van der Waals surface area (Å²) >= 11 is 0. The molecule has 2 amide bonds. The average Bonchev–Trinajstić information content (AvgIpc) is 3.21. The molecule has 4 unspecified atom stereocenters. The normalized spacial score (nSPS) is 24.4. The van der Waals surface area contributed by atoms with Crippen LogP contribution in [0.1, 0.15) is 30.4 Å². The molecule has 0 aliphatic carbocycles. The Balaban J connectivity index is 1.60. The number of hydrogen-bond acceptors (Lipinski definition) is 6. The summed E-state index contributed by atoms with van der Waals surface area (Å²) in [6, 6.07) is 15.6. The van der Waals surface area contributed by atoms with Crippen LogP contribution >= 0.6 is 0 Å². The van der Waals surface area contributed by atoms with Crippen molar-refractivity contribution in [2.24, 2.45) is 11.8 Å². The van der Waals surface area contributed by atoms with Crippen LogP contribution in [-0.4, -0.2) is 57.0 Å². The van der Waals surface area contributed by atoms with Crippen LogP contribution in [0.15, 0.2) is 48.5 Å². The van der Waals surface area contributed by atoms with Gasteiger partial charge in [0.25, 0.3) is 0 Å². The fourth-order valence-electron chi connectivity index (χ4n) is 5.03. The highest BCUT2D eigenvalue weighted by atomic mass is 16.6. The van der Waals surface area contributed by atoms with Crippen molar-refractivity contribution >= 4 is 12.0 Å². The zero-order valence-electron chi connectivity index (χ0n) is 19.4. The maximum Gasteiger partial charge on any atom is 0.417 e. The zero-order valence-corrected chi connectivity index (χ0v) is 19.4. The van der Waals surface area contributed by atoms with E-state index < -0.39 is 6.09 Å². The van der Waals surface area contributed by atoms with Crippen molar-refractivity contribution in [3.05, 3.63) is 59.7 Å². The van der Waals surface area contributed by atoms with Gasteiger partial charge < -0.3 is 18.9 Å². The van der Waals surface area contributed by atoms with Crippen molar-refractivity contribution in [3.63, 3.8) is 0 Å². The monoisotopic (exact) mass is 453 g/mol. The number of rotatable bonds is 9. The molecule has 0 N–H and O–H groups in total. The lowest BCUT2D eigenvalue weighted by molar-refractivity contribution is -0.140. The minimum Gasteiger partial charge on any atom is -0.493 e. The van der Waals surface area contributed by atoms with Crippen molar-refractivity contribution in [1.82, 2.24) is 4.90 Å². The van der Waals surface area contributed by atoms with Crippen LogP contribution in [0.5, 0.6) is 11.5 Å². The molecule has 7 heteroatoms. The smallest absolute Gasteiger partial charge is 0.417 e. The third-order valence-electron chi connectivity index (χ3n) is 6.69. The van der Waals surface area contributed by atoms with Crippen molar-refractivity contribution in [2.75, 3.05) is 34.0 Å². The number of methoxy groups -OCH3 is 2. The van der Waals surface area contributed by atoms with Gasteiger partial charge in [0.1, 0.15) is 6.61 Å². The zero-order chi connectivity index (χ0) is 23.4. The Morgan fingerprint density at radius 2 is 1.82 bits per heavy atom. The number of nitrogens with zero attached hydrogens (tertiary/aromatic N) is 1. The van der Waals surface area contributed by atoms with E-state index in [2.05, 4.69) is 19.1 Å². The van der Waals surface area contributed by atoms with Gasteiger partial charge >= 0.3 is 6.09 Å². The lowest BCUT2D eigenvalue weighted by Gasteiger charge is -2.42. The quantitative estimate of drug-likeness (QED) is 0.534. The van der Waals surface area contributed by atoms with E-state index in [0.717, 1.165) is 17.5 Å². The number of fused-ring (bicyclic) bond motifs is 1. The number of cyclic esters (lactones) is 1. The highest BCUT2D eigenvalue weighted by Gasteiger charge is 2.53. The second-order valence-electron chi connectivity index (χ2n) is 8.64.